The standard InChI is InChI=1S/C14H13BrO2S/c1-2-17-11-5-3-4-10(8-11)13(16)9-12-6-7-14(15)18-12/h3-8H,2,9H2,1H3. The van der Waals surface area contributed by atoms with Crippen molar-refractivity contribution in [3.63, 3.8) is 0 Å². The summed E-state index contributed by atoms with van der Waals surface area (Å²) in [6, 6.07) is 11.3. The average Bonchev–Trinajstić information content (AvgIpc) is 2.75. The lowest BCUT2D eigenvalue weighted by molar-refractivity contribution is 0.0993. The van der Waals surface area contributed by atoms with Gasteiger partial charge in [0.15, 0.2) is 5.78 Å². The van der Waals surface area contributed by atoms with Gasteiger partial charge in [-0.1, -0.05) is 12.1 Å². The number of ketones is 1. The molecule has 0 unspecified atom stereocenters. The third-order valence-electron chi connectivity index (χ3n) is 2.43. The molecule has 18 heavy (non-hydrogen) atoms. The molecule has 1 aromatic carbocycles. The van der Waals surface area contributed by atoms with Crippen LogP contribution in [-0.2, 0) is 6.42 Å². The number of carbonyl (C=O) groups excluding carboxylic acids is 1. The van der Waals surface area contributed by atoms with E-state index in [1.807, 2.05) is 37.3 Å². The first-order valence-electron chi connectivity index (χ1n) is 5.69. The van der Waals surface area contributed by atoms with Crippen LogP contribution >= 0.6 is 27.3 Å². The summed E-state index contributed by atoms with van der Waals surface area (Å²) in [6.45, 7) is 2.53. The van der Waals surface area contributed by atoms with E-state index in [-0.39, 0.29) is 5.78 Å². The summed E-state index contributed by atoms with van der Waals surface area (Å²) in [7, 11) is 0. The van der Waals surface area contributed by atoms with Crippen LogP contribution in [0.15, 0.2) is 40.2 Å². The molecule has 0 amide bonds. The molecule has 0 spiro atoms. The molecule has 4 heteroatoms. The van der Waals surface area contributed by atoms with Crippen LogP contribution in [0.3, 0.4) is 0 Å². The fourth-order valence-corrected chi connectivity index (χ4v) is 3.11. The van der Waals surface area contributed by atoms with Gasteiger partial charge in [-0.25, -0.2) is 0 Å². The fourth-order valence-electron chi connectivity index (χ4n) is 1.63. The van der Waals surface area contributed by atoms with Crippen LogP contribution in [0.5, 0.6) is 5.75 Å². The molecule has 0 saturated heterocycles. The van der Waals surface area contributed by atoms with E-state index in [0.29, 0.717) is 18.6 Å². The van der Waals surface area contributed by atoms with Gasteiger partial charge in [-0.2, -0.15) is 0 Å². The van der Waals surface area contributed by atoms with Crippen LogP contribution in [0.1, 0.15) is 22.2 Å². The maximum Gasteiger partial charge on any atom is 0.168 e. The maximum atomic E-state index is 12.1. The zero-order chi connectivity index (χ0) is 13.0. The summed E-state index contributed by atoms with van der Waals surface area (Å²) in [6.07, 6.45) is 0.436. The van der Waals surface area contributed by atoms with Crippen LogP contribution in [0.2, 0.25) is 0 Å². The van der Waals surface area contributed by atoms with Crippen LogP contribution < -0.4 is 4.74 Å². The number of carbonyl (C=O) groups is 1. The summed E-state index contributed by atoms with van der Waals surface area (Å²) in [5.74, 6) is 0.863. The minimum absolute atomic E-state index is 0.117. The van der Waals surface area contributed by atoms with E-state index in [0.717, 1.165) is 14.4 Å². The molecular weight excluding hydrogens is 312 g/mol. The van der Waals surface area contributed by atoms with Gasteiger partial charge in [-0.3, -0.25) is 4.79 Å². The second-order valence-corrected chi connectivity index (χ2v) is 6.31. The van der Waals surface area contributed by atoms with Crippen molar-refractivity contribution in [2.24, 2.45) is 0 Å². The monoisotopic (exact) mass is 324 g/mol. The Labute approximate surface area is 119 Å². The molecule has 94 valence electrons. The third-order valence-corrected chi connectivity index (χ3v) is 4.05. The highest BCUT2D eigenvalue weighted by Crippen LogP contribution is 2.24. The van der Waals surface area contributed by atoms with Crippen molar-refractivity contribution >= 4 is 33.0 Å². The quantitative estimate of drug-likeness (QED) is 0.765. The smallest absolute Gasteiger partial charge is 0.168 e. The van der Waals surface area contributed by atoms with E-state index < -0.39 is 0 Å². The van der Waals surface area contributed by atoms with Crippen LogP contribution in [0.4, 0.5) is 0 Å². The maximum absolute atomic E-state index is 12.1. The third kappa shape index (κ3) is 3.43. The van der Waals surface area contributed by atoms with Crippen molar-refractivity contribution in [2.45, 2.75) is 13.3 Å². The number of Topliss-reactive ketones (excluding diaryl/α,β-unsaturated/α-hetero) is 1. The van der Waals surface area contributed by atoms with Gasteiger partial charge in [0.2, 0.25) is 0 Å². The van der Waals surface area contributed by atoms with Crippen molar-refractivity contribution < 1.29 is 9.53 Å². The van der Waals surface area contributed by atoms with Crippen LogP contribution in [0.25, 0.3) is 0 Å². The van der Waals surface area contributed by atoms with Gasteiger partial charge in [0, 0.05) is 16.9 Å². The van der Waals surface area contributed by atoms with E-state index in [9.17, 15) is 4.79 Å². The van der Waals surface area contributed by atoms with Crippen molar-refractivity contribution in [2.75, 3.05) is 6.61 Å². The van der Waals surface area contributed by atoms with Crippen molar-refractivity contribution in [3.05, 3.63) is 50.6 Å². The normalized spacial score (nSPS) is 10.3. The Hall–Kier alpha value is -1.13. The van der Waals surface area contributed by atoms with Gasteiger partial charge in [-0.05, 0) is 47.1 Å². The predicted octanol–water partition coefficient (Wildman–Crippen LogP) is 4.33. The Morgan fingerprint density at radius 1 is 1.33 bits per heavy atom. The molecule has 2 nitrogen and oxygen atoms in total. The molecule has 2 rings (SSSR count). The Bertz CT molecular complexity index is 548. The summed E-state index contributed by atoms with van der Waals surface area (Å²) < 4.78 is 6.44. The van der Waals surface area contributed by atoms with E-state index in [2.05, 4.69) is 15.9 Å². The van der Waals surface area contributed by atoms with Gasteiger partial charge < -0.3 is 4.74 Å². The molecule has 0 aliphatic rings. The molecule has 0 saturated carbocycles. The van der Waals surface area contributed by atoms with Crippen molar-refractivity contribution in [1.29, 1.82) is 0 Å². The number of thiophene rings is 1. The van der Waals surface area contributed by atoms with E-state index >= 15 is 0 Å². The van der Waals surface area contributed by atoms with Gasteiger partial charge in [0.25, 0.3) is 0 Å². The molecule has 0 fully saturated rings. The molecule has 1 aromatic heterocycles. The largest absolute Gasteiger partial charge is 0.494 e. The highest BCUT2D eigenvalue weighted by Gasteiger charge is 2.09. The zero-order valence-electron chi connectivity index (χ0n) is 9.98. The predicted molar refractivity (Wildman–Crippen MR) is 77.7 cm³/mol. The molecule has 0 radical (unpaired) electrons. The number of hydrogen-bond acceptors (Lipinski definition) is 3. The second kappa shape index (κ2) is 6.16. The first-order valence-corrected chi connectivity index (χ1v) is 7.30. The number of benzene rings is 1. The van der Waals surface area contributed by atoms with Gasteiger partial charge in [0.1, 0.15) is 5.75 Å². The summed E-state index contributed by atoms with van der Waals surface area (Å²) in [4.78, 5) is 13.2. The first kappa shape index (κ1) is 13.3. The number of ether oxygens (including phenoxy) is 1. The highest BCUT2D eigenvalue weighted by molar-refractivity contribution is 9.11. The summed E-state index contributed by atoms with van der Waals surface area (Å²) >= 11 is 4.99. The Kier molecular flexibility index (Phi) is 4.55. The van der Waals surface area contributed by atoms with Crippen molar-refractivity contribution in [3.8, 4) is 5.75 Å². The first-order chi connectivity index (χ1) is 8.69. The Morgan fingerprint density at radius 3 is 2.83 bits per heavy atom. The van der Waals surface area contributed by atoms with E-state index in [1.54, 1.807) is 17.4 Å². The SMILES string of the molecule is CCOc1cccc(C(=O)Cc2ccc(Br)s2)c1. The Balaban J connectivity index is 2.11. The lowest BCUT2D eigenvalue weighted by Gasteiger charge is -2.04. The average molecular weight is 325 g/mol. The number of rotatable bonds is 5. The van der Waals surface area contributed by atoms with E-state index in [1.165, 1.54) is 0 Å². The molecule has 0 aliphatic carbocycles. The van der Waals surface area contributed by atoms with E-state index in [4.69, 9.17) is 4.74 Å². The molecule has 0 atom stereocenters. The topological polar surface area (TPSA) is 26.3 Å². The van der Waals surface area contributed by atoms with Gasteiger partial charge in [0.05, 0.1) is 10.4 Å². The van der Waals surface area contributed by atoms with Gasteiger partial charge in [-0.15, -0.1) is 11.3 Å². The van der Waals surface area contributed by atoms with Gasteiger partial charge >= 0.3 is 0 Å². The molecule has 0 bridgehead atoms. The minimum atomic E-state index is 0.117. The molecule has 0 N–H and O–H groups in total. The highest BCUT2D eigenvalue weighted by atomic mass is 79.9. The molecule has 2 aromatic rings. The fraction of sp³-hybridized carbons (Fsp3) is 0.214. The minimum Gasteiger partial charge on any atom is -0.494 e. The van der Waals surface area contributed by atoms with Crippen LogP contribution in [0, 0.1) is 0 Å². The lowest BCUT2D eigenvalue weighted by Crippen LogP contribution is -2.02. The molecular formula is C14H13BrO2S. The molecule has 1 heterocycles. The number of hydrogen-bond donors (Lipinski definition) is 0. The van der Waals surface area contributed by atoms with Crippen molar-refractivity contribution in [1.82, 2.24) is 0 Å². The lowest BCUT2D eigenvalue weighted by atomic mass is 10.1. The number of halogens is 1. The Morgan fingerprint density at radius 2 is 2.17 bits per heavy atom. The summed E-state index contributed by atoms with van der Waals surface area (Å²) in [5, 5.41) is 0. The van der Waals surface area contributed by atoms with Crippen LogP contribution in [-0.4, -0.2) is 12.4 Å². The second-order valence-electron chi connectivity index (χ2n) is 3.77. The summed E-state index contributed by atoms with van der Waals surface area (Å²) in [5.41, 5.74) is 0.700. The molecule has 0 aliphatic heterocycles. The zero-order valence-corrected chi connectivity index (χ0v) is 12.4.